The molecule has 7 heteroatoms. The highest BCUT2D eigenvalue weighted by molar-refractivity contribution is 6.32. The van der Waals surface area contributed by atoms with Crippen LogP contribution in [-0.2, 0) is 16.1 Å². The molecular weight excluding hydrogens is 368 g/mol. The molecule has 0 aliphatic heterocycles. The van der Waals surface area contributed by atoms with Crippen LogP contribution in [0.3, 0.4) is 0 Å². The molecule has 3 aromatic rings. The molecule has 27 heavy (non-hydrogen) atoms. The molecule has 0 aliphatic carbocycles. The topological polar surface area (TPSA) is 74.5 Å². The van der Waals surface area contributed by atoms with Gasteiger partial charge in [0.2, 0.25) is 5.82 Å². The Balaban J connectivity index is 1.52. The number of hydrogen-bond donors (Lipinski definition) is 0. The first-order valence-corrected chi connectivity index (χ1v) is 8.86. The van der Waals surface area contributed by atoms with E-state index in [1.807, 2.05) is 24.3 Å². The minimum Gasteiger partial charge on any atom is -0.480 e. The monoisotopic (exact) mass is 386 g/mol. The van der Waals surface area contributed by atoms with Crippen LogP contribution in [0.15, 0.2) is 53.1 Å². The molecule has 0 atom stereocenters. The van der Waals surface area contributed by atoms with E-state index in [4.69, 9.17) is 25.6 Å². The number of carbonyl (C=O) groups is 1. The van der Waals surface area contributed by atoms with Crippen LogP contribution in [-0.4, -0.2) is 22.7 Å². The number of rotatable bonds is 7. The van der Waals surface area contributed by atoms with Gasteiger partial charge in [0.25, 0.3) is 5.89 Å². The van der Waals surface area contributed by atoms with Crippen molar-refractivity contribution in [2.75, 3.05) is 6.61 Å². The molecule has 1 heterocycles. The van der Waals surface area contributed by atoms with Crippen LogP contribution in [0.2, 0.25) is 5.02 Å². The van der Waals surface area contributed by atoms with Crippen LogP contribution in [0, 0.1) is 0 Å². The smallest absolute Gasteiger partial charge is 0.344 e. The summed E-state index contributed by atoms with van der Waals surface area (Å²) in [6, 6.07) is 14.8. The average Bonchev–Trinajstić information content (AvgIpc) is 3.15. The summed E-state index contributed by atoms with van der Waals surface area (Å²) in [5.41, 5.74) is 2.07. The highest BCUT2D eigenvalue weighted by atomic mass is 35.5. The van der Waals surface area contributed by atoms with Crippen molar-refractivity contribution in [3.63, 3.8) is 0 Å². The molecule has 0 amide bonds. The number of ether oxygens (including phenoxy) is 2. The molecule has 6 nitrogen and oxygen atoms in total. The van der Waals surface area contributed by atoms with Gasteiger partial charge in [0, 0.05) is 5.56 Å². The summed E-state index contributed by atoms with van der Waals surface area (Å²) in [5, 5.41) is 4.34. The highest BCUT2D eigenvalue weighted by Crippen LogP contribution is 2.23. The van der Waals surface area contributed by atoms with E-state index in [2.05, 4.69) is 24.0 Å². The maximum absolute atomic E-state index is 11.8. The average molecular weight is 387 g/mol. The zero-order valence-electron chi connectivity index (χ0n) is 15.0. The number of carbonyl (C=O) groups excluding carboxylic acids is 1. The van der Waals surface area contributed by atoms with Crippen LogP contribution in [0.5, 0.6) is 5.75 Å². The Kier molecular flexibility index (Phi) is 6.08. The van der Waals surface area contributed by atoms with Gasteiger partial charge in [-0.1, -0.05) is 67.0 Å². The third-order valence-corrected chi connectivity index (χ3v) is 4.15. The van der Waals surface area contributed by atoms with E-state index in [0.29, 0.717) is 22.5 Å². The Bertz CT molecular complexity index is 906. The van der Waals surface area contributed by atoms with Gasteiger partial charge in [0.05, 0.1) is 5.02 Å². The summed E-state index contributed by atoms with van der Waals surface area (Å²) in [4.78, 5) is 16.0. The van der Waals surface area contributed by atoms with Gasteiger partial charge in [-0.25, -0.2) is 4.79 Å². The predicted molar refractivity (Wildman–Crippen MR) is 101 cm³/mol. The van der Waals surface area contributed by atoms with Crippen molar-refractivity contribution in [2.24, 2.45) is 0 Å². The van der Waals surface area contributed by atoms with Crippen molar-refractivity contribution in [3.05, 3.63) is 65.0 Å². The van der Waals surface area contributed by atoms with Gasteiger partial charge in [-0.15, -0.1) is 0 Å². The molecule has 0 bridgehead atoms. The van der Waals surface area contributed by atoms with E-state index in [1.54, 1.807) is 24.3 Å². The number of nitrogens with zero attached hydrogens (tertiary/aromatic N) is 2. The van der Waals surface area contributed by atoms with E-state index in [9.17, 15) is 4.79 Å². The molecule has 3 rings (SSSR count). The number of hydrogen-bond acceptors (Lipinski definition) is 6. The van der Waals surface area contributed by atoms with Crippen LogP contribution < -0.4 is 4.74 Å². The van der Waals surface area contributed by atoms with Gasteiger partial charge in [-0.2, -0.15) is 4.98 Å². The molecule has 0 spiro atoms. The van der Waals surface area contributed by atoms with Gasteiger partial charge in [0.15, 0.2) is 13.2 Å². The Hall–Kier alpha value is -2.86. The fraction of sp³-hybridized carbons (Fsp3) is 0.250. The van der Waals surface area contributed by atoms with Gasteiger partial charge in [0.1, 0.15) is 5.75 Å². The lowest BCUT2D eigenvalue weighted by Gasteiger charge is -2.06. The van der Waals surface area contributed by atoms with Crippen molar-refractivity contribution in [1.29, 1.82) is 0 Å². The Morgan fingerprint density at radius 2 is 1.89 bits per heavy atom. The van der Waals surface area contributed by atoms with Crippen LogP contribution in [0.1, 0.15) is 31.2 Å². The van der Waals surface area contributed by atoms with Gasteiger partial charge in [-0.3, -0.25) is 0 Å². The minimum absolute atomic E-state index is 0.123. The molecule has 2 aromatic carbocycles. The second kappa shape index (κ2) is 8.68. The summed E-state index contributed by atoms with van der Waals surface area (Å²) in [6.07, 6.45) is 0. The van der Waals surface area contributed by atoms with Crippen molar-refractivity contribution < 1.29 is 18.8 Å². The first kappa shape index (κ1) is 18.9. The van der Waals surface area contributed by atoms with Crippen molar-refractivity contribution in [3.8, 4) is 17.1 Å². The normalized spacial score (nSPS) is 10.8. The zero-order chi connectivity index (χ0) is 19.2. The maximum atomic E-state index is 11.8. The molecule has 0 unspecified atom stereocenters. The SMILES string of the molecule is CC(C)c1ccc(-c2noc(COC(=O)COc3ccccc3Cl)n2)cc1. The third-order valence-electron chi connectivity index (χ3n) is 3.84. The first-order valence-electron chi connectivity index (χ1n) is 8.49. The van der Waals surface area contributed by atoms with E-state index in [0.717, 1.165) is 5.56 Å². The Labute approximate surface area is 162 Å². The second-order valence-electron chi connectivity index (χ2n) is 6.17. The quantitative estimate of drug-likeness (QED) is 0.551. The molecule has 0 aliphatic rings. The van der Waals surface area contributed by atoms with Crippen molar-refractivity contribution in [2.45, 2.75) is 26.4 Å². The Morgan fingerprint density at radius 3 is 2.59 bits per heavy atom. The van der Waals surface area contributed by atoms with Crippen molar-refractivity contribution >= 4 is 17.6 Å². The molecule has 0 radical (unpaired) electrons. The molecule has 0 saturated carbocycles. The second-order valence-corrected chi connectivity index (χ2v) is 6.58. The molecule has 1 aromatic heterocycles. The standard InChI is InChI=1S/C20H19ClN2O4/c1-13(2)14-7-9-15(10-8-14)20-22-18(27-23-20)11-26-19(24)12-25-17-6-4-3-5-16(17)21/h3-10,13H,11-12H2,1-2H3. The van der Waals surface area contributed by atoms with E-state index in [-0.39, 0.29) is 19.1 Å². The Morgan fingerprint density at radius 1 is 1.15 bits per heavy atom. The van der Waals surface area contributed by atoms with E-state index < -0.39 is 5.97 Å². The molecule has 0 saturated heterocycles. The van der Waals surface area contributed by atoms with Gasteiger partial charge >= 0.3 is 5.97 Å². The summed E-state index contributed by atoms with van der Waals surface area (Å²) >= 11 is 5.96. The number of aromatic nitrogens is 2. The summed E-state index contributed by atoms with van der Waals surface area (Å²) in [5.74, 6) is 0.969. The van der Waals surface area contributed by atoms with Crippen LogP contribution in [0.4, 0.5) is 0 Å². The van der Waals surface area contributed by atoms with Crippen molar-refractivity contribution in [1.82, 2.24) is 10.1 Å². The minimum atomic E-state index is -0.559. The summed E-state index contributed by atoms with van der Waals surface area (Å²) in [7, 11) is 0. The largest absolute Gasteiger partial charge is 0.480 e. The third kappa shape index (κ3) is 5.08. The number of para-hydroxylation sites is 1. The zero-order valence-corrected chi connectivity index (χ0v) is 15.8. The molecular formula is C20H19ClN2O4. The lowest BCUT2D eigenvalue weighted by Crippen LogP contribution is -2.15. The number of benzene rings is 2. The van der Waals surface area contributed by atoms with Crippen LogP contribution in [0.25, 0.3) is 11.4 Å². The summed E-state index contributed by atoms with van der Waals surface area (Å²) in [6.45, 7) is 3.87. The molecule has 0 N–H and O–H groups in total. The predicted octanol–water partition coefficient (Wildman–Crippen LogP) is 4.64. The lowest BCUT2D eigenvalue weighted by atomic mass is 10.0. The number of halogens is 1. The maximum Gasteiger partial charge on any atom is 0.344 e. The van der Waals surface area contributed by atoms with Gasteiger partial charge in [-0.05, 0) is 23.6 Å². The summed E-state index contributed by atoms with van der Waals surface area (Å²) < 4.78 is 15.5. The number of esters is 1. The van der Waals surface area contributed by atoms with Gasteiger partial charge < -0.3 is 14.0 Å². The van der Waals surface area contributed by atoms with Crippen LogP contribution >= 0.6 is 11.6 Å². The highest BCUT2D eigenvalue weighted by Gasteiger charge is 2.12. The molecule has 140 valence electrons. The van der Waals surface area contributed by atoms with E-state index >= 15 is 0 Å². The fourth-order valence-corrected chi connectivity index (χ4v) is 2.52. The molecule has 0 fully saturated rings. The first-order chi connectivity index (χ1) is 13.0. The lowest BCUT2D eigenvalue weighted by molar-refractivity contribution is -0.148. The van der Waals surface area contributed by atoms with E-state index in [1.165, 1.54) is 5.56 Å². The fourth-order valence-electron chi connectivity index (χ4n) is 2.33.